The van der Waals surface area contributed by atoms with E-state index in [0.29, 0.717) is 72.5 Å². The summed E-state index contributed by atoms with van der Waals surface area (Å²) in [5, 5.41) is 17.5. The molecule has 0 spiro atoms. The zero-order valence-corrected chi connectivity index (χ0v) is 40.6. The van der Waals surface area contributed by atoms with Gasteiger partial charge in [-0.05, 0) is 74.6 Å². The van der Waals surface area contributed by atoms with Crippen LogP contribution in [0.25, 0.3) is 0 Å². The second kappa shape index (κ2) is 22.1. The van der Waals surface area contributed by atoms with Crippen LogP contribution in [0.15, 0.2) is 129 Å². The highest BCUT2D eigenvalue weighted by Crippen LogP contribution is 2.45. The van der Waals surface area contributed by atoms with Crippen molar-refractivity contribution in [2.24, 2.45) is 0 Å². The smallest absolute Gasteiger partial charge is 0.368 e. The first kappa shape index (κ1) is 51.9. The van der Waals surface area contributed by atoms with Gasteiger partial charge in [-0.15, -0.1) is 23.5 Å². The minimum absolute atomic E-state index is 0.0188. The highest BCUT2D eigenvalue weighted by atomic mass is 32.2. The van der Waals surface area contributed by atoms with E-state index in [0.717, 1.165) is 24.2 Å². The lowest BCUT2D eigenvalue weighted by molar-refractivity contribution is -0.135. The number of ether oxygens (including phenoxy) is 2. The van der Waals surface area contributed by atoms with E-state index in [-0.39, 0.29) is 21.3 Å². The van der Waals surface area contributed by atoms with Gasteiger partial charge < -0.3 is 29.5 Å². The molecule has 0 saturated carbocycles. The molecule has 356 valence electrons. The van der Waals surface area contributed by atoms with E-state index in [4.69, 9.17) is 19.7 Å². The molecule has 0 bridgehead atoms. The Kier molecular flexibility index (Phi) is 17.4. The standard InChI is InChI=1S/2C23H27FN2O5S2/c2*1-4-11-23(5-2)15-26(16-9-7-6-8-10-16)18-12-20(32-3)19(31-14-17(24)22(27)28)13-21(18)33(29,30)25-23/h2*6-10,12-14,25H,4-5,11,15H2,1-3H3,(H,27,28)/b2*17-14-/t2*23-/m10/s1. The molecule has 2 aliphatic heterocycles. The van der Waals surface area contributed by atoms with Gasteiger partial charge in [-0.3, -0.25) is 0 Å². The van der Waals surface area contributed by atoms with E-state index in [1.807, 2.05) is 98.2 Å². The summed E-state index contributed by atoms with van der Waals surface area (Å²) in [5.74, 6) is -6.42. The van der Waals surface area contributed by atoms with Gasteiger partial charge in [-0.1, -0.05) is 76.9 Å². The van der Waals surface area contributed by atoms with Crippen molar-refractivity contribution in [2.45, 2.75) is 96.9 Å². The second-order valence-corrected chi connectivity index (χ2v) is 20.5. The van der Waals surface area contributed by atoms with Gasteiger partial charge in [0.2, 0.25) is 31.7 Å². The first-order valence-electron chi connectivity index (χ1n) is 21.0. The van der Waals surface area contributed by atoms with Crippen molar-refractivity contribution in [1.29, 1.82) is 0 Å². The van der Waals surface area contributed by atoms with Gasteiger partial charge in [0.15, 0.2) is 0 Å². The summed E-state index contributed by atoms with van der Waals surface area (Å²) in [7, 11) is -7.95. The lowest BCUT2D eigenvalue weighted by atomic mass is 9.90. The number of carbonyl (C=O) groups is 2. The number of anilines is 4. The molecule has 20 heteroatoms. The molecule has 0 radical (unpaired) electrons. The summed E-state index contributed by atoms with van der Waals surface area (Å²) >= 11 is 2.56. The van der Waals surface area contributed by atoms with Gasteiger partial charge in [-0.25, -0.2) is 35.9 Å². The Balaban J connectivity index is 0.000000247. The predicted octanol–water partition coefficient (Wildman–Crippen LogP) is 10.1. The minimum Gasteiger partial charge on any atom is -0.476 e. The number of nitrogens with one attached hydrogen (secondary N) is 2. The van der Waals surface area contributed by atoms with Crippen LogP contribution in [0.3, 0.4) is 0 Å². The van der Waals surface area contributed by atoms with Crippen LogP contribution in [0.5, 0.6) is 11.5 Å². The fraction of sp³-hybridized carbons (Fsp3) is 0.348. The molecule has 0 saturated heterocycles. The highest BCUT2D eigenvalue weighted by molar-refractivity contribution is 7.99. The average Bonchev–Trinajstić information content (AvgIpc) is 3.46. The molecule has 4 aromatic carbocycles. The van der Waals surface area contributed by atoms with Crippen LogP contribution in [-0.4, -0.2) is 75.7 Å². The molecule has 14 nitrogen and oxygen atoms in total. The number of para-hydroxylation sites is 2. The molecule has 66 heavy (non-hydrogen) atoms. The van der Waals surface area contributed by atoms with Crippen LogP contribution in [0.2, 0.25) is 0 Å². The molecule has 2 heterocycles. The third-order valence-electron chi connectivity index (χ3n) is 11.2. The van der Waals surface area contributed by atoms with Crippen LogP contribution >= 0.6 is 23.5 Å². The molecular weight excluding hydrogens is 935 g/mol. The second-order valence-electron chi connectivity index (χ2n) is 15.5. The molecule has 0 unspecified atom stereocenters. The van der Waals surface area contributed by atoms with Crippen LogP contribution < -0.4 is 28.7 Å². The number of carboxylic acid groups (broad SMARTS) is 2. The normalized spacial score (nSPS) is 20.1. The Morgan fingerprint density at radius 1 is 0.652 bits per heavy atom. The van der Waals surface area contributed by atoms with Gasteiger partial charge in [0.25, 0.3) is 0 Å². The first-order valence-corrected chi connectivity index (χ1v) is 26.4. The van der Waals surface area contributed by atoms with Crippen molar-refractivity contribution in [2.75, 3.05) is 35.4 Å². The number of hydrogen-bond donors (Lipinski definition) is 4. The topological polar surface area (TPSA) is 192 Å². The zero-order valence-electron chi connectivity index (χ0n) is 37.3. The maximum absolute atomic E-state index is 13.5. The summed E-state index contributed by atoms with van der Waals surface area (Å²) in [4.78, 5) is 26.6. The predicted molar refractivity (Wildman–Crippen MR) is 255 cm³/mol. The number of sulfonamides is 2. The molecular formula is C46H54F2N4O10S4. The van der Waals surface area contributed by atoms with Crippen molar-refractivity contribution in [3.8, 4) is 11.5 Å². The number of thioether (sulfide) groups is 2. The molecule has 4 aromatic rings. The molecule has 6 rings (SSSR count). The monoisotopic (exact) mass is 988 g/mol. The maximum Gasteiger partial charge on any atom is 0.368 e. The van der Waals surface area contributed by atoms with Crippen molar-refractivity contribution in [1.82, 2.24) is 9.44 Å². The molecule has 0 aliphatic carbocycles. The Morgan fingerprint density at radius 2 is 1.00 bits per heavy atom. The lowest BCUT2D eigenvalue weighted by Gasteiger charge is -2.36. The minimum atomic E-state index is -3.98. The first-order chi connectivity index (χ1) is 31.3. The number of fused-ring (bicyclic) bond motifs is 2. The summed E-state index contributed by atoms with van der Waals surface area (Å²) in [6.45, 7) is 8.79. The van der Waals surface area contributed by atoms with Crippen molar-refractivity contribution in [3.63, 3.8) is 0 Å². The number of halogens is 2. The van der Waals surface area contributed by atoms with E-state index in [9.17, 15) is 35.2 Å². The number of benzene rings is 4. The quantitative estimate of drug-likeness (QED) is 0.0471. The fourth-order valence-corrected chi connectivity index (χ4v) is 12.4. The fourth-order valence-electron chi connectivity index (χ4n) is 7.88. The molecule has 4 N–H and O–H groups in total. The SMILES string of the molecule is CCC[C@@]1(CC)CN(c2ccccc2)c2cc(SC)c(O/C=C(\F)C(=O)O)cc2S(=O)(=O)N1.CCC[C@]1(CC)CN(c2ccccc2)c2cc(SC)c(O/C=C(\F)C(=O)O)cc2S(=O)(=O)N1. The van der Waals surface area contributed by atoms with Crippen molar-refractivity contribution < 1.29 is 54.9 Å². The highest BCUT2D eigenvalue weighted by Gasteiger charge is 2.43. The Bertz CT molecular complexity index is 2490. The number of hydrogen-bond acceptors (Lipinski definition) is 12. The van der Waals surface area contributed by atoms with Gasteiger partial charge >= 0.3 is 11.9 Å². The number of carboxylic acids is 2. The summed E-state index contributed by atoms with van der Waals surface area (Å²) in [5.41, 5.74) is 1.23. The van der Waals surface area contributed by atoms with E-state index in [1.165, 1.54) is 35.7 Å². The van der Waals surface area contributed by atoms with Crippen LogP contribution in [0.1, 0.15) is 66.2 Å². The molecule has 2 atom stereocenters. The van der Waals surface area contributed by atoms with E-state index >= 15 is 0 Å². The van der Waals surface area contributed by atoms with Crippen molar-refractivity contribution in [3.05, 3.63) is 109 Å². The van der Waals surface area contributed by atoms with Gasteiger partial charge in [-0.2, -0.15) is 8.78 Å². The molecule has 0 fully saturated rings. The zero-order chi connectivity index (χ0) is 48.5. The van der Waals surface area contributed by atoms with Crippen LogP contribution in [-0.2, 0) is 29.6 Å². The third kappa shape index (κ3) is 11.9. The van der Waals surface area contributed by atoms with Gasteiger partial charge in [0, 0.05) is 36.6 Å². The molecule has 0 amide bonds. The number of nitrogens with zero attached hydrogens (tertiary/aromatic N) is 2. The Labute approximate surface area is 393 Å². The summed E-state index contributed by atoms with van der Waals surface area (Å²) < 4.78 is 97.5. The lowest BCUT2D eigenvalue weighted by Crippen LogP contribution is -2.52. The Morgan fingerprint density at radius 3 is 1.29 bits per heavy atom. The summed E-state index contributed by atoms with van der Waals surface area (Å²) in [6.07, 6.45) is 8.51. The third-order valence-corrected chi connectivity index (χ3v) is 15.9. The maximum atomic E-state index is 13.5. The average molecular weight is 989 g/mol. The Hall–Kier alpha value is -5.12. The van der Waals surface area contributed by atoms with Gasteiger partial charge in [0.1, 0.15) is 33.8 Å². The number of aliphatic carboxylic acids is 2. The van der Waals surface area contributed by atoms with E-state index < -0.39 is 54.7 Å². The number of rotatable bonds is 16. The molecule has 0 aromatic heterocycles. The van der Waals surface area contributed by atoms with Crippen LogP contribution in [0, 0.1) is 0 Å². The van der Waals surface area contributed by atoms with Crippen molar-refractivity contribution >= 4 is 78.3 Å². The molecule has 2 aliphatic rings. The van der Waals surface area contributed by atoms with E-state index in [1.54, 1.807) is 24.6 Å². The summed E-state index contributed by atoms with van der Waals surface area (Å²) in [6, 6.07) is 25.0. The van der Waals surface area contributed by atoms with Crippen LogP contribution in [0.4, 0.5) is 31.5 Å². The largest absolute Gasteiger partial charge is 0.476 e. The van der Waals surface area contributed by atoms with Gasteiger partial charge in [0.05, 0.1) is 32.2 Å². The van der Waals surface area contributed by atoms with E-state index in [2.05, 4.69) is 9.44 Å².